The van der Waals surface area contributed by atoms with E-state index in [0.717, 1.165) is 25.7 Å². The SMILES string of the molecule is Cc1cnc(CNC2CCCCC2O)c(C)c1[N+](=O)[O-]. The van der Waals surface area contributed by atoms with Gasteiger partial charge >= 0.3 is 0 Å². The summed E-state index contributed by atoms with van der Waals surface area (Å²) in [6.07, 6.45) is 5.14. The summed E-state index contributed by atoms with van der Waals surface area (Å²) in [4.78, 5) is 15.0. The third-order valence-corrected chi connectivity index (χ3v) is 4.02. The molecule has 2 rings (SSSR count). The lowest BCUT2D eigenvalue weighted by atomic mass is 9.92. The molecule has 0 aromatic carbocycles. The minimum atomic E-state index is -0.356. The molecule has 1 heterocycles. The van der Waals surface area contributed by atoms with Gasteiger partial charge in [0.1, 0.15) is 0 Å². The van der Waals surface area contributed by atoms with Gasteiger partial charge in [-0.1, -0.05) is 12.8 Å². The Morgan fingerprint density at radius 2 is 2.15 bits per heavy atom. The Bertz CT molecular complexity index is 505. The first-order chi connectivity index (χ1) is 9.50. The highest BCUT2D eigenvalue weighted by molar-refractivity contribution is 5.47. The number of pyridine rings is 1. The van der Waals surface area contributed by atoms with Gasteiger partial charge in [-0.05, 0) is 26.7 Å². The molecular weight excluding hydrogens is 258 g/mol. The molecule has 2 atom stereocenters. The van der Waals surface area contributed by atoms with E-state index < -0.39 is 0 Å². The van der Waals surface area contributed by atoms with Crippen molar-refractivity contribution in [3.8, 4) is 0 Å². The van der Waals surface area contributed by atoms with E-state index in [-0.39, 0.29) is 22.8 Å². The fourth-order valence-electron chi connectivity index (χ4n) is 2.80. The summed E-state index contributed by atoms with van der Waals surface area (Å²) in [5.74, 6) is 0. The molecule has 1 saturated carbocycles. The zero-order valence-corrected chi connectivity index (χ0v) is 11.9. The number of hydrogen-bond donors (Lipinski definition) is 2. The van der Waals surface area contributed by atoms with Gasteiger partial charge in [-0.2, -0.15) is 0 Å². The molecule has 1 aliphatic carbocycles. The number of nitro groups is 1. The van der Waals surface area contributed by atoms with Crippen molar-refractivity contribution < 1.29 is 10.0 Å². The molecule has 1 aromatic heterocycles. The van der Waals surface area contributed by atoms with Crippen LogP contribution in [-0.2, 0) is 6.54 Å². The Labute approximate surface area is 118 Å². The second kappa shape index (κ2) is 6.28. The monoisotopic (exact) mass is 279 g/mol. The molecule has 110 valence electrons. The highest BCUT2D eigenvalue weighted by Gasteiger charge is 2.24. The Hall–Kier alpha value is -1.53. The van der Waals surface area contributed by atoms with Crippen LogP contribution in [-0.4, -0.2) is 27.2 Å². The van der Waals surface area contributed by atoms with Crippen LogP contribution >= 0.6 is 0 Å². The van der Waals surface area contributed by atoms with Gasteiger partial charge in [0.25, 0.3) is 5.69 Å². The van der Waals surface area contributed by atoms with Gasteiger partial charge in [0.15, 0.2) is 0 Å². The van der Waals surface area contributed by atoms with E-state index in [2.05, 4.69) is 10.3 Å². The van der Waals surface area contributed by atoms with Gasteiger partial charge in [0.2, 0.25) is 0 Å². The number of aliphatic hydroxyl groups is 1. The molecule has 2 unspecified atom stereocenters. The number of rotatable bonds is 4. The van der Waals surface area contributed by atoms with Crippen molar-refractivity contribution in [2.45, 2.75) is 58.2 Å². The smallest absolute Gasteiger partial charge is 0.278 e. The first kappa shape index (κ1) is 14.9. The van der Waals surface area contributed by atoms with Crippen molar-refractivity contribution in [2.24, 2.45) is 0 Å². The van der Waals surface area contributed by atoms with Crippen molar-refractivity contribution in [1.82, 2.24) is 10.3 Å². The molecule has 0 radical (unpaired) electrons. The van der Waals surface area contributed by atoms with E-state index in [4.69, 9.17) is 0 Å². The zero-order chi connectivity index (χ0) is 14.7. The van der Waals surface area contributed by atoms with E-state index in [1.165, 1.54) is 0 Å². The summed E-state index contributed by atoms with van der Waals surface area (Å²) in [6, 6.07) is 0.0605. The molecule has 20 heavy (non-hydrogen) atoms. The molecule has 1 fully saturated rings. The summed E-state index contributed by atoms with van der Waals surface area (Å²) in [6.45, 7) is 3.88. The minimum Gasteiger partial charge on any atom is -0.392 e. The Kier molecular flexibility index (Phi) is 4.67. The Balaban J connectivity index is 2.10. The van der Waals surface area contributed by atoms with E-state index in [9.17, 15) is 15.2 Å². The highest BCUT2D eigenvalue weighted by atomic mass is 16.6. The van der Waals surface area contributed by atoms with Crippen LogP contribution < -0.4 is 5.32 Å². The third kappa shape index (κ3) is 3.13. The molecule has 6 heteroatoms. The second-order valence-corrected chi connectivity index (χ2v) is 5.46. The summed E-state index contributed by atoms with van der Waals surface area (Å²) < 4.78 is 0. The molecule has 1 aliphatic rings. The maximum Gasteiger partial charge on any atom is 0.278 e. The number of nitrogens with one attached hydrogen (secondary N) is 1. The fraction of sp³-hybridized carbons (Fsp3) is 0.643. The standard InChI is InChI=1S/C14H21N3O3/c1-9-7-15-12(10(2)14(9)17(19)20)8-16-11-5-3-4-6-13(11)18/h7,11,13,16,18H,3-6,8H2,1-2H3. The Morgan fingerprint density at radius 3 is 2.80 bits per heavy atom. The lowest BCUT2D eigenvalue weighted by Gasteiger charge is -2.28. The van der Waals surface area contributed by atoms with Crippen LogP contribution in [0.3, 0.4) is 0 Å². The van der Waals surface area contributed by atoms with E-state index in [1.807, 2.05) is 0 Å². The molecule has 0 saturated heterocycles. The molecule has 0 spiro atoms. The van der Waals surface area contributed by atoms with Gasteiger partial charge in [-0.25, -0.2) is 0 Å². The van der Waals surface area contributed by atoms with Crippen LogP contribution in [0.4, 0.5) is 5.69 Å². The van der Waals surface area contributed by atoms with E-state index in [0.29, 0.717) is 23.4 Å². The van der Waals surface area contributed by atoms with Crippen LogP contribution in [0.25, 0.3) is 0 Å². The van der Waals surface area contributed by atoms with Crippen LogP contribution in [0.5, 0.6) is 0 Å². The van der Waals surface area contributed by atoms with Gasteiger partial charge in [-0.15, -0.1) is 0 Å². The van der Waals surface area contributed by atoms with Crippen LogP contribution in [0, 0.1) is 24.0 Å². The molecule has 0 amide bonds. The van der Waals surface area contributed by atoms with Crippen molar-refractivity contribution in [3.05, 3.63) is 33.1 Å². The van der Waals surface area contributed by atoms with Crippen molar-refractivity contribution >= 4 is 5.69 Å². The molecule has 6 nitrogen and oxygen atoms in total. The van der Waals surface area contributed by atoms with Gasteiger partial charge in [0.05, 0.1) is 16.7 Å². The normalized spacial score (nSPS) is 22.8. The van der Waals surface area contributed by atoms with Crippen molar-refractivity contribution in [3.63, 3.8) is 0 Å². The van der Waals surface area contributed by atoms with Crippen LogP contribution in [0.15, 0.2) is 6.20 Å². The lowest BCUT2D eigenvalue weighted by Crippen LogP contribution is -2.41. The predicted octanol–water partition coefficient (Wildman–Crippen LogP) is 2.00. The number of aliphatic hydroxyl groups excluding tert-OH is 1. The van der Waals surface area contributed by atoms with Gasteiger partial charge < -0.3 is 10.4 Å². The fourth-order valence-corrected chi connectivity index (χ4v) is 2.80. The Morgan fingerprint density at radius 1 is 1.45 bits per heavy atom. The van der Waals surface area contributed by atoms with Gasteiger partial charge in [-0.3, -0.25) is 15.1 Å². The van der Waals surface area contributed by atoms with Crippen LogP contribution in [0.1, 0.15) is 42.5 Å². The average molecular weight is 279 g/mol. The topological polar surface area (TPSA) is 88.3 Å². The molecular formula is C14H21N3O3. The van der Waals surface area contributed by atoms with Crippen LogP contribution in [0.2, 0.25) is 0 Å². The van der Waals surface area contributed by atoms with Crippen molar-refractivity contribution in [2.75, 3.05) is 0 Å². The van der Waals surface area contributed by atoms with Crippen molar-refractivity contribution in [1.29, 1.82) is 0 Å². The second-order valence-electron chi connectivity index (χ2n) is 5.46. The zero-order valence-electron chi connectivity index (χ0n) is 11.9. The van der Waals surface area contributed by atoms with E-state index >= 15 is 0 Å². The maximum atomic E-state index is 11.1. The number of nitrogens with zero attached hydrogens (tertiary/aromatic N) is 2. The number of aromatic nitrogens is 1. The third-order valence-electron chi connectivity index (χ3n) is 4.02. The predicted molar refractivity (Wildman–Crippen MR) is 75.5 cm³/mol. The summed E-state index contributed by atoms with van der Waals surface area (Å²) in [5, 5.41) is 24.3. The van der Waals surface area contributed by atoms with Gasteiger partial charge in [0, 0.05) is 29.9 Å². The maximum absolute atomic E-state index is 11.1. The lowest BCUT2D eigenvalue weighted by molar-refractivity contribution is -0.386. The van der Waals surface area contributed by atoms with E-state index in [1.54, 1.807) is 20.0 Å². The quantitative estimate of drug-likeness (QED) is 0.650. The minimum absolute atomic E-state index is 0.0605. The summed E-state index contributed by atoms with van der Waals surface area (Å²) >= 11 is 0. The molecule has 0 aliphatic heterocycles. The first-order valence-corrected chi connectivity index (χ1v) is 7.01. The first-order valence-electron chi connectivity index (χ1n) is 7.01. The number of hydrogen-bond acceptors (Lipinski definition) is 5. The number of aryl methyl sites for hydroxylation is 1. The average Bonchev–Trinajstić information content (AvgIpc) is 2.39. The highest BCUT2D eigenvalue weighted by Crippen LogP contribution is 2.24. The molecule has 1 aromatic rings. The largest absolute Gasteiger partial charge is 0.392 e. The summed E-state index contributed by atoms with van der Waals surface area (Å²) in [5.41, 5.74) is 2.00. The summed E-state index contributed by atoms with van der Waals surface area (Å²) in [7, 11) is 0. The molecule has 2 N–H and O–H groups in total. The molecule has 0 bridgehead atoms.